The fourth-order valence-corrected chi connectivity index (χ4v) is 3.64. The molecule has 0 radical (unpaired) electrons. The van der Waals surface area contributed by atoms with Gasteiger partial charge in [-0.2, -0.15) is 0 Å². The Kier molecular flexibility index (Phi) is 6.31. The number of thioether (sulfide) groups is 1. The van der Waals surface area contributed by atoms with Crippen LogP contribution in [0, 0.1) is 19.8 Å². The van der Waals surface area contributed by atoms with Crippen molar-refractivity contribution in [1.29, 1.82) is 0 Å². The Bertz CT molecular complexity index is 662. The number of nitrogens with zero attached hydrogens (tertiary/aromatic N) is 4. The minimum atomic E-state index is 0.675. The molecule has 0 spiro atoms. The van der Waals surface area contributed by atoms with E-state index < -0.39 is 0 Å². The van der Waals surface area contributed by atoms with Gasteiger partial charge in [-0.15, -0.1) is 11.8 Å². The van der Waals surface area contributed by atoms with Crippen LogP contribution in [-0.4, -0.2) is 45.2 Å². The molecule has 1 N–H and O–H groups in total. The fourth-order valence-electron chi connectivity index (χ4n) is 3.05. The second kappa shape index (κ2) is 8.67. The average Bonchev–Trinajstić information content (AvgIpc) is 2.92. The summed E-state index contributed by atoms with van der Waals surface area (Å²) in [4.78, 5) is 15.8. The van der Waals surface area contributed by atoms with E-state index in [9.17, 15) is 0 Å². The van der Waals surface area contributed by atoms with Crippen LogP contribution in [0.5, 0.6) is 0 Å². The molecule has 3 rings (SSSR count). The van der Waals surface area contributed by atoms with Crippen molar-refractivity contribution in [2.75, 3.05) is 30.7 Å². The predicted octanol–water partition coefficient (Wildman–Crippen LogP) is 3.52. The molecule has 0 aliphatic carbocycles. The van der Waals surface area contributed by atoms with Crippen molar-refractivity contribution in [1.82, 2.24) is 19.9 Å². The van der Waals surface area contributed by atoms with Gasteiger partial charge in [-0.05, 0) is 51.4 Å². The van der Waals surface area contributed by atoms with Gasteiger partial charge in [-0.1, -0.05) is 6.92 Å². The first-order valence-corrected chi connectivity index (χ1v) is 9.96. The maximum Gasteiger partial charge on any atom is 0.208 e. The third-order valence-electron chi connectivity index (χ3n) is 4.62. The molecule has 0 saturated carbocycles. The van der Waals surface area contributed by atoms with E-state index in [1.807, 2.05) is 26.2 Å². The van der Waals surface area contributed by atoms with Crippen molar-refractivity contribution in [3.63, 3.8) is 0 Å². The van der Waals surface area contributed by atoms with Crippen LogP contribution in [0.3, 0.4) is 0 Å². The van der Waals surface area contributed by atoms with Gasteiger partial charge in [0.05, 0.1) is 24.6 Å². The zero-order valence-electron chi connectivity index (χ0n) is 15.3. The Morgan fingerprint density at radius 2 is 2.04 bits per heavy atom. The summed E-state index contributed by atoms with van der Waals surface area (Å²) in [5.41, 5.74) is 0.999. The molecule has 7 heteroatoms. The summed E-state index contributed by atoms with van der Waals surface area (Å²) in [5.74, 6) is 4.34. The molecule has 3 heterocycles. The summed E-state index contributed by atoms with van der Waals surface area (Å²) in [6.07, 6.45) is 6.00. The van der Waals surface area contributed by atoms with Crippen LogP contribution in [0.4, 0.5) is 5.82 Å². The Morgan fingerprint density at radius 3 is 2.72 bits per heavy atom. The van der Waals surface area contributed by atoms with E-state index >= 15 is 0 Å². The summed E-state index contributed by atoms with van der Waals surface area (Å²) in [7, 11) is 0. The van der Waals surface area contributed by atoms with Gasteiger partial charge in [0, 0.05) is 6.54 Å². The quantitative estimate of drug-likeness (QED) is 0.757. The van der Waals surface area contributed by atoms with Crippen molar-refractivity contribution < 1.29 is 4.42 Å². The molecule has 2 aromatic rings. The first kappa shape index (κ1) is 18.2. The Labute approximate surface area is 153 Å². The van der Waals surface area contributed by atoms with Crippen LogP contribution in [-0.2, 0) is 6.54 Å². The van der Waals surface area contributed by atoms with Gasteiger partial charge in [0.1, 0.15) is 16.6 Å². The third kappa shape index (κ3) is 5.19. The van der Waals surface area contributed by atoms with Crippen LogP contribution in [0.1, 0.15) is 37.1 Å². The van der Waals surface area contributed by atoms with Crippen molar-refractivity contribution in [3.8, 4) is 0 Å². The summed E-state index contributed by atoms with van der Waals surface area (Å²) in [6.45, 7) is 10.0. The molecule has 1 saturated heterocycles. The molecular formula is C18H27N5OS. The molecule has 0 bridgehead atoms. The summed E-state index contributed by atoms with van der Waals surface area (Å²) < 4.78 is 5.70. The van der Waals surface area contributed by atoms with E-state index in [1.165, 1.54) is 12.8 Å². The number of likely N-dealkylation sites (tertiary alicyclic amines) is 1. The van der Waals surface area contributed by atoms with Crippen molar-refractivity contribution >= 4 is 17.6 Å². The van der Waals surface area contributed by atoms with E-state index in [-0.39, 0.29) is 0 Å². The first-order valence-electron chi connectivity index (χ1n) is 8.98. The monoisotopic (exact) mass is 361 g/mol. The van der Waals surface area contributed by atoms with E-state index in [0.29, 0.717) is 5.92 Å². The number of rotatable bonds is 7. The van der Waals surface area contributed by atoms with Gasteiger partial charge >= 0.3 is 0 Å². The SMILES string of the molecule is CCSc1cncc(NCC2CCN(Cc3nc(C)c(C)o3)CC2)n1. The van der Waals surface area contributed by atoms with E-state index in [2.05, 4.69) is 32.1 Å². The number of oxazole rings is 1. The topological polar surface area (TPSA) is 67.1 Å². The highest BCUT2D eigenvalue weighted by Crippen LogP contribution is 2.21. The number of hydrogen-bond donors (Lipinski definition) is 1. The van der Waals surface area contributed by atoms with E-state index in [4.69, 9.17) is 4.42 Å². The highest BCUT2D eigenvalue weighted by Gasteiger charge is 2.21. The molecule has 0 amide bonds. The normalized spacial score (nSPS) is 16.3. The molecular weight excluding hydrogens is 334 g/mol. The zero-order valence-corrected chi connectivity index (χ0v) is 16.1. The highest BCUT2D eigenvalue weighted by molar-refractivity contribution is 7.99. The molecule has 2 aromatic heterocycles. The third-order valence-corrected chi connectivity index (χ3v) is 5.40. The van der Waals surface area contributed by atoms with Crippen LogP contribution >= 0.6 is 11.8 Å². The standard InChI is InChI=1S/C18H27N5OS/c1-4-25-18-11-19-10-16(22-18)20-9-15-5-7-23(8-6-15)12-17-21-13(2)14(3)24-17/h10-11,15H,4-9,12H2,1-3H3,(H,20,22). The number of anilines is 1. The lowest BCUT2D eigenvalue weighted by Gasteiger charge is -2.31. The minimum Gasteiger partial charge on any atom is -0.444 e. The second-order valence-electron chi connectivity index (χ2n) is 6.53. The van der Waals surface area contributed by atoms with Crippen molar-refractivity contribution in [3.05, 3.63) is 29.7 Å². The molecule has 6 nitrogen and oxygen atoms in total. The molecule has 0 unspecified atom stereocenters. The smallest absolute Gasteiger partial charge is 0.208 e. The maximum atomic E-state index is 5.70. The first-order chi connectivity index (χ1) is 12.1. The van der Waals surface area contributed by atoms with Gasteiger partial charge in [0.25, 0.3) is 0 Å². The summed E-state index contributed by atoms with van der Waals surface area (Å²) in [6, 6.07) is 0. The lowest BCUT2D eigenvalue weighted by Crippen LogP contribution is -2.35. The van der Waals surface area contributed by atoms with Crippen LogP contribution in [0.2, 0.25) is 0 Å². The Morgan fingerprint density at radius 1 is 1.24 bits per heavy atom. The summed E-state index contributed by atoms with van der Waals surface area (Å²) in [5, 5.41) is 4.44. The number of aryl methyl sites for hydroxylation is 2. The van der Waals surface area contributed by atoms with Crippen LogP contribution in [0.15, 0.2) is 21.8 Å². The van der Waals surface area contributed by atoms with Gasteiger partial charge in [0.15, 0.2) is 0 Å². The van der Waals surface area contributed by atoms with Crippen molar-refractivity contribution in [2.45, 2.75) is 45.2 Å². The molecule has 0 aromatic carbocycles. The van der Waals surface area contributed by atoms with E-state index in [1.54, 1.807) is 11.8 Å². The Balaban J connectivity index is 1.42. The maximum absolute atomic E-state index is 5.70. The summed E-state index contributed by atoms with van der Waals surface area (Å²) >= 11 is 1.72. The molecule has 0 atom stereocenters. The van der Waals surface area contributed by atoms with Gasteiger partial charge in [-0.25, -0.2) is 9.97 Å². The second-order valence-corrected chi connectivity index (χ2v) is 7.81. The van der Waals surface area contributed by atoms with Crippen molar-refractivity contribution in [2.24, 2.45) is 5.92 Å². The van der Waals surface area contributed by atoms with Gasteiger partial charge in [0.2, 0.25) is 5.89 Å². The van der Waals surface area contributed by atoms with Crippen LogP contribution < -0.4 is 5.32 Å². The largest absolute Gasteiger partial charge is 0.444 e. The molecule has 1 aliphatic heterocycles. The van der Waals surface area contributed by atoms with E-state index in [0.717, 1.165) is 60.1 Å². The number of nitrogens with one attached hydrogen (secondary N) is 1. The molecule has 1 aliphatic rings. The van der Waals surface area contributed by atoms with Gasteiger partial charge < -0.3 is 9.73 Å². The average molecular weight is 362 g/mol. The fraction of sp³-hybridized carbons (Fsp3) is 0.611. The van der Waals surface area contributed by atoms with Crippen LogP contribution in [0.25, 0.3) is 0 Å². The molecule has 25 heavy (non-hydrogen) atoms. The number of piperidine rings is 1. The zero-order chi connectivity index (χ0) is 17.6. The molecule has 136 valence electrons. The predicted molar refractivity (Wildman–Crippen MR) is 101 cm³/mol. The highest BCUT2D eigenvalue weighted by atomic mass is 32.2. The minimum absolute atomic E-state index is 0.675. The number of hydrogen-bond acceptors (Lipinski definition) is 7. The number of aromatic nitrogens is 3. The Hall–Kier alpha value is -1.60. The molecule has 1 fully saturated rings. The van der Waals surface area contributed by atoms with Gasteiger partial charge in [-0.3, -0.25) is 9.88 Å². The lowest BCUT2D eigenvalue weighted by molar-refractivity contribution is 0.167. The lowest BCUT2D eigenvalue weighted by atomic mass is 9.97.